The zero-order valence-corrected chi connectivity index (χ0v) is 12.3. The summed E-state index contributed by atoms with van der Waals surface area (Å²) < 4.78 is 13.6. The van der Waals surface area contributed by atoms with Crippen LogP contribution in [0.1, 0.15) is 15.9 Å². The maximum Gasteiger partial charge on any atom is 0.255 e. The van der Waals surface area contributed by atoms with Gasteiger partial charge >= 0.3 is 0 Å². The first-order valence-corrected chi connectivity index (χ1v) is 6.65. The summed E-state index contributed by atoms with van der Waals surface area (Å²) >= 11 is 3.27. The Kier molecular flexibility index (Phi) is 4.54. The molecule has 0 aliphatic carbocycles. The van der Waals surface area contributed by atoms with Gasteiger partial charge in [0.1, 0.15) is 5.82 Å². The van der Waals surface area contributed by atoms with Crippen molar-refractivity contribution in [2.24, 2.45) is 10.9 Å². The number of benzene rings is 2. The molecule has 108 valence electrons. The van der Waals surface area contributed by atoms with Gasteiger partial charge in [0.2, 0.25) is 0 Å². The summed E-state index contributed by atoms with van der Waals surface area (Å²) in [6, 6.07) is 10.0. The van der Waals surface area contributed by atoms with Crippen LogP contribution in [-0.4, -0.2) is 17.0 Å². The molecule has 2 aromatic rings. The standard InChI is InChI=1S/C14H11BrFN3O2/c15-9-3-6-12(11(7-9)13(17)19-21)18-14(20)8-1-4-10(16)5-2-8/h1-7,21H,(H2,17,19)(H,18,20). The van der Waals surface area contributed by atoms with E-state index in [1.165, 1.54) is 24.3 Å². The highest BCUT2D eigenvalue weighted by molar-refractivity contribution is 9.10. The van der Waals surface area contributed by atoms with Crippen LogP contribution in [0.5, 0.6) is 0 Å². The molecule has 0 saturated carbocycles. The van der Waals surface area contributed by atoms with E-state index in [2.05, 4.69) is 26.4 Å². The number of nitrogens with one attached hydrogen (secondary N) is 1. The quantitative estimate of drug-likeness (QED) is 0.344. The third-order valence-electron chi connectivity index (χ3n) is 2.72. The van der Waals surface area contributed by atoms with Crippen molar-refractivity contribution in [1.29, 1.82) is 0 Å². The van der Waals surface area contributed by atoms with E-state index in [-0.39, 0.29) is 5.84 Å². The summed E-state index contributed by atoms with van der Waals surface area (Å²) in [7, 11) is 0. The molecule has 2 rings (SSSR count). The van der Waals surface area contributed by atoms with Crippen LogP contribution < -0.4 is 11.1 Å². The molecule has 7 heteroatoms. The average molecular weight is 352 g/mol. The maximum atomic E-state index is 12.8. The van der Waals surface area contributed by atoms with Gasteiger partial charge in [-0.3, -0.25) is 4.79 Å². The predicted octanol–water partition coefficient (Wildman–Crippen LogP) is 2.94. The molecule has 5 nitrogen and oxygen atoms in total. The molecular formula is C14H11BrFN3O2. The molecule has 0 atom stereocenters. The van der Waals surface area contributed by atoms with E-state index >= 15 is 0 Å². The molecule has 0 fully saturated rings. The number of oxime groups is 1. The Bertz CT molecular complexity index is 702. The van der Waals surface area contributed by atoms with Gasteiger partial charge in [0.25, 0.3) is 5.91 Å². The third-order valence-corrected chi connectivity index (χ3v) is 3.21. The van der Waals surface area contributed by atoms with Crippen molar-refractivity contribution in [2.75, 3.05) is 5.32 Å². The normalized spacial score (nSPS) is 11.2. The second kappa shape index (κ2) is 6.36. The Morgan fingerprint density at radius 2 is 1.90 bits per heavy atom. The number of hydrogen-bond acceptors (Lipinski definition) is 3. The lowest BCUT2D eigenvalue weighted by molar-refractivity contribution is 0.102. The lowest BCUT2D eigenvalue weighted by Crippen LogP contribution is -2.19. The Balaban J connectivity index is 2.31. The Morgan fingerprint density at radius 1 is 1.24 bits per heavy atom. The summed E-state index contributed by atoms with van der Waals surface area (Å²) in [5.41, 5.74) is 6.61. The predicted molar refractivity (Wildman–Crippen MR) is 81.0 cm³/mol. The first-order valence-electron chi connectivity index (χ1n) is 5.85. The number of nitrogens with zero attached hydrogens (tertiary/aromatic N) is 1. The fraction of sp³-hybridized carbons (Fsp3) is 0. The van der Waals surface area contributed by atoms with Crippen molar-refractivity contribution in [1.82, 2.24) is 0 Å². The second-order valence-electron chi connectivity index (χ2n) is 4.14. The summed E-state index contributed by atoms with van der Waals surface area (Å²) in [5, 5.41) is 14.3. The Morgan fingerprint density at radius 3 is 2.52 bits per heavy atom. The van der Waals surface area contributed by atoms with E-state index in [9.17, 15) is 9.18 Å². The fourth-order valence-corrected chi connectivity index (χ4v) is 2.05. The van der Waals surface area contributed by atoms with Gasteiger partial charge in [-0.15, -0.1) is 0 Å². The van der Waals surface area contributed by atoms with Crippen LogP contribution in [0.2, 0.25) is 0 Å². The van der Waals surface area contributed by atoms with Crippen molar-refractivity contribution in [3.8, 4) is 0 Å². The van der Waals surface area contributed by atoms with Gasteiger partial charge in [-0.1, -0.05) is 21.1 Å². The molecule has 0 radical (unpaired) electrons. The van der Waals surface area contributed by atoms with Crippen LogP contribution in [0, 0.1) is 5.82 Å². The van der Waals surface area contributed by atoms with Crippen molar-refractivity contribution in [2.45, 2.75) is 0 Å². The zero-order chi connectivity index (χ0) is 15.4. The molecule has 1 amide bonds. The summed E-state index contributed by atoms with van der Waals surface area (Å²) in [6.45, 7) is 0. The van der Waals surface area contributed by atoms with Crippen molar-refractivity contribution in [3.63, 3.8) is 0 Å². The van der Waals surface area contributed by atoms with E-state index in [4.69, 9.17) is 10.9 Å². The van der Waals surface area contributed by atoms with Crippen molar-refractivity contribution in [3.05, 3.63) is 63.9 Å². The number of amides is 1. The van der Waals surface area contributed by atoms with Gasteiger partial charge < -0.3 is 16.3 Å². The lowest BCUT2D eigenvalue weighted by Gasteiger charge is -2.10. The van der Waals surface area contributed by atoms with E-state index < -0.39 is 11.7 Å². The van der Waals surface area contributed by atoms with Gasteiger partial charge in [-0.2, -0.15) is 0 Å². The average Bonchev–Trinajstić information content (AvgIpc) is 2.48. The topological polar surface area (TPSA) is 87.7 Å². The van der Waals surface area contributed by atoms with E-state index in [0.29, 0.717) is 21.3 Å². The summed E-state index contributed by atoms with van der Waals surface area (Å²) in [6.07, 6.45) is 0. The number of carbonyl (C=O) groups is 1. The fourth-order valence-electron chi connectivity index (χ4n) is 1.69. The van der Waals surface area contributed by atoms with Crippen molar-refractivity contribution < 1.29 is 14.4 Å². The highest BCUT2D eigenvalue weighted by atomic mass is 79.9. The van der Waals surface area contributed by atoms with Crippen molar-refractivity contribution >= 4 is 33.4 Å². The van der Waals surface area contributed by atoms with Gasteiger partial charge in [-0.05, 0) is 42.5 Å². The number of amidine groups is 1. The number of halogens is 2. The molecule has 0 saturated heterocycles. The van der Waals surface area contributed by atoms with Crippen LogP contribution >= 0.6 is 15.9 Å². The van der Waals surface area contributed by atoms with Crippen LogP contribution in [0.4, 0.5) is 10.1 Å². The lowest BCUT2D eigenvalue weighted by atomic mass is 10.1. The van der Waals surface area contributed by atoms with Gasteiger partial charge in [0, 0.05) is 15.6 Å². The molecule has 0 bridgehead atoms. The molecular weight excluding hydrogens is 341 g/mol. The Hall–Kier alpha value is -2.41. The zero-order valence-electron chi connectivity index (χ0n) is 10.7. The van der Waals surface area contributed by atoms with Gasteiger partial charge in [0.15, 0.2) is 5.84 Å². The van der Waals surface area contributed by atoms with Crippen LogP contribution in [0.15, 0.2) is 52.1 Å². The molecule has 21 heavy (non-hydrogen) atoms. The second-order valence-corrected chi connectivity index (χ2v) is 5.05. The highest BCUT2D eigenvalue weighted by Gasteiger charge is 2.12. The molecule has 2 aromatic carbocycles. The maximum absolute atomic E-state index is 12.8. The minimum atomic E-state index is -0.427. The number of carbonyl (C=O) groups excluding carboxylic acids is 1. The molecule has 4 N–H and O–H groups in total. The number of anilines is 1. The van der Waals surface area contributed by atoms with E-state index in [1.54, 1.807) is 18.2 Å². The van der Waals surface area contributed by atoms with E-state index in [0.717, 1.165) is 0 Å². The number of hydrogen-bond donors (Lipinski definition) is 3. The van der Waals surface area contributed by atoms with Gasteiger partial charge in [0.05, 0.1) is 5.69 Å². The molecule has 0 unspecified atom stereocenters. The SMILES string of the molecule is N/C(=N/O)c1cc(Br)ccc1NC(=O)c1ccc(F)cc1. The summed E-state index contributed by atoms with van der Waals surface area (Å²) in [5.74, 6) is -0.984. The molecule has 0 spiro atoms. The summed E-state index contributed by atoms with van der Waals surface area (Å²) in [4.78, 5) is 12.1. The number of nitrogens with two attached hydrogens (primary N) is 1. The van der Waals surface area contributed by atoms with E-state index in [1.807, 2.05) is 0 Å². The molecule has 0 heterocycles. The monoisotopic (exact) mass is 351 g/mol. The molecule has 0 aliphatic rings. The molecule has 0 aromatic heterocycles. The minimum absolute atomic E-state index is 0.134. The molecule has 0 aliphatic heterocycles. The van der Waals surface area contributed by atoms with Gasteiger partial charge in [-0.25, -0.2) is 4.39 Å². The van der Waals surface area contributed by atoms with Crippen LogP contribution in [0.25, 0.3) is 0 Å². The van der Waals surface area contributed by atoms with Crippen LogP contribution in [-0.2, 0) is 0 Å². The number of rotatable bonds is 3. The highest BCUT2D eigenvalue weighted by Crippen LogP contribution is 2.21. The first kappa shape index (κ1) is 15.0. The largest absolute Gasteiger partial charge is 0.409 e. The smallest absolute Gasteiger partial charge is 0.255 e. The van der Waals surface area contributed by atoms with Crippen LogP contribution in [0.3, 0.4) is 0 Å². The Labute approximate surface area is 128 Å². The minimum Gasteiger partial charge on any atom is -0.409 e. The third kappa shape index (κ3) is 3.57. The first-order chi connectivity index (χ1) is 10.0.